The molecule has 474 valence electrons. The summed E-state index contributed by atoms with van der Waals surface area (Å²) in [6, 6.07) is 145. The normalized spacial score (nSPS) is 12.3. The zero-order valence-electron chi connectivity index (χ0n) is 55.9. The van der Waals surface area contributed by atoms with Gasteiger partial charge in [0, 0.05) is 61.2 Å². The van der Waals surface area contributed by atoms with E-state index in [9.17, 15) is 0 Å². The third-order valence-electron chi connectivity index (χ3n) is 21.3. The molecule has 0 saturated carbocycles. The summed E-state index contributed by atoms with van der Waals surface area (Å²) in [5, 5.41) is 7.32. The molecule has 102 heavy (non-hydrogen) atoms. The fourth-order valence-corrected chi connectivity index (χ4v) is 16.8. The van der Waals surface area contributed by atoms with Gasteiger partial charge in [-0.05, 0) is 154 Å². The largest absolute Gasteiger partial charge is 0.310 e. The van der Waals surface area contributed by atoms with Crippen molar-refractivity contribution >= 4 is 101 Å². The van der Waals surface area contributed by atoms with E-state index in [1.807, 2.05) is 0 Å². The number of nitrogens with zero attached hydrogens (tertiary/aromatic N) is 3. The Morgan fingerprint density at radius 3 is 0.892 bits per heavy atom. The first-order valence-corrected chi connectivity index (χ1v) is 35.3. The van der Waals surface area contributed by atoms with Crippen molar-refractivity contribution in [2.75, 3.05) is 9.80 Å². The standard InChI is InChI=1S/C98H64BN3/c1-9-31-65(32-10-1)73-53-55-90-87(61-73)99-88-62-74(66-33-11-2-12-34-66)54-56-91(88)102(97-85(71-43-21-7-22-44-71)59-76(68-37-15-4-16-38-68)60-86(97)72-45-23-8-24-46-72)93-64-77(100-89-52-30-29-51-82(89)94-80-49-27-25-47-78(80)79-48-26-28-50-81(79)98(94)100)63-92(95(93)99)101(90)96-83(69-39-17-5-18-40-69)57-75(67-35-13-3-14-36-67)58-84(96)70-41-19-6-20-42-70/h1-64H. The lowest BCUT2D eigenvalue weighted by Crippen LogP contribution is -2.61. The quantitative estimate of drug-likeness (QED) is 0.0944. The van der Waals surface area contributed by atoms with Crippen LogP contribution in [0.2, 0.25) is 0 Å². The van der Waals surface area contributed by atoms with Crippen molar-refractivity contribution in [1.29, 1.82) is 0 Å². The fourth-order valence-electron chi connectivity index (χ4n) is 16.8. The molecule has 0 fully saturated rings. The molecule has 1 aromatic heterocycles. The summed E-state index contributed by atoms with van der Waals surface area (Å²) < 4.78 is 2.62. The number of fused-ring (bicyclic) bond motifs is 12. The number of hydrogen-bond donors (Lipinski definition) is 0. The number of aromatic nitrogens is 1. The topological polar surface area (TPSA) is 11.4 Å². The van der Waals surface area contributed by atoms with Gasteiger partial charge in [-0.1, -0.05) is 334 Å². The molecule has 0 bridgehead atoms. The molecule has 0 radical (unpaired) electrons. The number of para-hydroxylation sites is 1. The summed E-state index contributed by atoms with van der Waals surface area (Å²) in [4.78, 5) is 5.39. The molecular formula is C98H64BN3. The Kier molecular flexibility index (Phi) is 14.0. The molecule has 17 aromatic carbocycles. The SMILES string of the molecule is c1ccc(-c2ccc3c(c2)B2c4cc(-c5ccccc5)ccc4N(c4c(-c5ccccc5)cc(-c5ccccc5)cc4-c4ccccc4)c4cc(-n5c6ccccc6c6c7ccccc7c7ccccc7c65)cc(c42)N3c2c(-c3ccccc3)cc(-c3ccccc3)cc2-c2ccccc2)cc1. The highest BCUT2D eigenvalue weighted by Gasteiger charge is 2.46. The van der Waals surface area contributed by atoms with E-state index in [1.165, 1.54) is 54.2 Å². The lowest BCUT2D eigenvalue weighted by molar-refractivity contribution is 1.16. The van der Waals surface area contributed by atoms with Crippen LogP contribution in [0.5, 0.6) is 0 Å². The van der Waals surface area contributed by atoms with Gasteiger partial charge in [0.25, 0.3) is 6.71 Å². The van der Waals surface area contributed by atoms with Gasteiger partial charge < -0.3 is 14.4 Å². The molecule has 4 heteroatoms. The van der Waals surface area contributed by atoms with Crippen LogP contribution in [-0.4, -0.2) is 11.3 Å². The summed E-state index contributed by atoms with van der Waals surface area (Å²) >= 11 is 0. The minimum absolute atomic E-state index is 0.287. The lowest BCUT2D eigenvalue weighted by atomic mass is 9.33. The Bertz CT molecular complexity index is 5870. The molecule has 0 amide bonds. The fraction of sp³-hybridized carbons (Fsp3) is 0. The zero-order valence-corrected chi connectivity index (χ0v) is 55.9. The molecule has 0 spiro atoms. The molecule has 3 heterocycles. The molecule has 0 atom stereocenters. The van der Waals surface area contributed by atoms with Crippen LogP contribution in [0, 0.1) is 0 Å². The van der Waals surface area contributed by atoms with Crippen LogP contribution >= 0.6 is 0 Å². The Morgan fingerprint density at radius 2 is 0.510 bits per heavy atom. The Balaban J connectivity index is 1.01. The minimum atomic E-state index is -0.287. The second-order valence-corrected chi connectivity index (χ2v) is 27.0. The first-order valence-electron chi connectivity index (χ1n) is 35.3. The Labute approximate surface area is 594 Å². The highest BCUT2D eigenvalue weighted by atomic mass is 15.2. The molecule has 0 unspecified atom stereocenters. The van der Waals surface area contributed by atoms with Crippen LogP contribution in [0.3, 0.4) is 0 Å². The van der Waals surface area contributed by atoms with E-state index < -0.39 is 0 Å². The average molecular weight is 1290 g/mol. The summed E-state index contributed by atoms with van der Waals surface area (Å²) in [5.74, 6) is 0. The smallest absolute Gasteiger partial charge is 0.252 e. The Morgan fingerprint density at radius 1 is 0.206 bits per heavy atom. The highest BCUT2D eigenvalue weighted by Crippen LogP contribution is 2.56. The van der Waals surface area contributed by atoms with Gasteiger partial charge in [-0.15, -0.1) is 0 Å². The van der Waals surface area contributed by atoms with Crippen molar-refractivity contribution < 1.29 is 0 Å². The predicted octanol–water partition coefficient (Wildman–Crippen LogP) is 24.5. The second-order valence-electron chi connectivity index (χ2n) is 27.0. The van der Waals surface area contributed by atoms with Crippen LogP contribution < -0.4 is 26.2 Å². The molecule has 18 aromatic rings. The number of benzene rings is 17. The van der Waals surface area contributed by atoms with Gasteiger partial charge >= 0.3 is 0 Å². The summed E-state index contributed by atoms with van der Waals surface area (Å²) in [7, 11) is 0. The molecule has 2 aliphatic rings. The van der Waals surface area contributed by atoms with E-state index in [-0.39, 0.29) is 6.71 Å². The van der Waals surface area contributed by atoms with E-state index in [2.05, 4.69) is 403 Å². The van der Waals surface area contributed by atoms with Gasteiger partial charge in [-0.3, -0.25) is 0 Å². The Hall–Kier alpha value is -13.3. The van der Waals surface area contributed by atoms with E-state index >= 15 is 0 Å². The molecule has 3 nitrogen and oxygen atoms in total. The van der Waals surface area contributed by atoms with E-state index in [1.54, 1.807) is 0 Å². The summed E-state index contributed by atoms with van der Waals surface area (Å²) in [6.45, 7) is -0.287. The number of rotatable bonds is 11. The van der Waals surface area contributed by atoms with Crippen LogP contribution in [0.1, 0.15) is 0 Å². The first kappa shape index (κ1) is 58.8. The molecule has 0 N–H and O–H groups in total. The first-order chi connectivity index (χ1) is 50.6. The van der Waals surface area contributed by atoms with Crippen molar-refractivity contribution in [3.63, 3.8) is 0 Å². The van der Waals surface area contributed by atoms with Gasteiger partial charge in [0.1, 0.15) is 0 Å². The predicted molar refractivity (Wildman–Crippen MR) is 433 cm³/mol. The van der Waals surface area contributed by atoms with Gasteiger partial charge in [0.05, 0.1) is 28.1 Å². The van der Waals surface area contributed by atoms with Gasteiger partial charge in [0.15, 0.2) is 0 Å². The van der Waals surface area contributed by atoms with E-state index in [4.69, 9.17) is 0 Å². The second kappa shape index (κ2) is 24.3. The van der Waals surface area contributed by atoms with Crippen molar-refractivity contribution in [1.82, 2.24) is 4.57 Å². The summed E-state index contributed by atoms with van der Waals surface area (Å²) in [5.41, 5.74) is 31.8. The van der Waals surface area contributed by atoms with E-state index in [0.717, 1.165) is 134 Å². The summed E-state index contributed by atoms with van der Waals surface area (Å²) in [6.07, 6.45) is 0. The van der Waals surface area contributed by atoms with Crippen molar-refractivity contribution in [3.05, 3.63) is 388 Å². The van der Waals surface area contributed by atoms with Crippen molar-refractivity contribution in [2.45, 2.75) is 0 Å². The molecule has 20 rings (SSSR count). The highest BCUT2D eigenvalue weighted by molar-refractivity contribution is 7.00. The van der Waals surface area contributed by atoms with Crippen LogP contribution in [0.4, 0.5) is 34.1 Å². The lowest BCUT2D eigenvalue weighted by Gasteiger charge is -2.46. The van der Waals surface area contributed by atoms with Gasteiger partial charge in [0.2, 0.25) is 0 Å². The number of anilines is 6. The molecular weight excluding hydrogens is 1230 g/mol. The monoisotopic (exact) mass is 1290 g/mol. The van der Waals surface area contributed by atoms with Gasteiger partial charge in [-0.2, -0.15) is 0 Å². The maximum atomic E-state index is 2.70. The third kappa shape index (κ3) is 9.60. The number of hydrogen-bond acceptors (Lipinski definition) is 2. The molecule has 0 saturated heterocycles. The van der Waals surface area contributed by atoms with Crippen LogP contribution in [0.25, 0.3) is 138 Å². The van der Waals surface area contributed by atoms with Gasteiger partial charge in [-0.25, -0.2) is 0 Å². The average Bonchev–Trinajstić information content (AvgIpc) is 1.04. The zero-order chi connectivity index (χ0) is 67.2. The maximum Gasteiger partial charge on any atom is 0.252 e. The van der Waals surface area contributed by atoms with Crippen molar-refractivity contribution in [2.24, 2.45) is 0 Å². The van der Waals surface area contributed by atoms with Crippen LogP contribution in [0.15, 0.2) is 388 Å². The molecule has 0 aliphatic carbocycles. The van der Waals surface area contributed by atoms with Crippen molar-refractivity contribution in [3.8, 4) is 94.7 Å². The van der Waals surface area contributed by atoms with E-state index in [0.29, 0.717) is 0 Å². The van der Waals surface area contributed by atoms with Crippen LogP contribution in [-0.2, 0) is 0 Å². The molecule has 2 aliphatic heterocycles. The maximum absolute atomic E-state index is 2.70. The minimum Gasteiger partial charge on any atom is -0.310 e. The third-order valence-corrected chi connectivity index (χ3v) is 21.3.